The average molecular weight is 218 g/mol. The maximum atomic E-state index is 5.21. The van der Waals surface area contributed by atoms with Crippen LogP contribution in [-0.4, -0.2) is 6.61 Å². The highest BCUT2D eigenvalue weighted by Gasteiger charge is 2.13. The molecule has 88 valence electrons. The SMILES string of the molecule is C=COCC(C)c1ccc(C(C)(C)C)cc1. The molecular formula is C15H22O. The molecule has 0 radical (unpaired) electrons. The average Bonchev–Trinajstić information content (AvgIpc) is 2.25. The van der Waals surface area contributed by atoms with Gasteiger partial charge in [-0.25, -0.2) is 0 Å². The summed E-state index contributed by atoms with van der Waals surface area (Å²) in [5.41, 5.74) is 2.90. The second-order valence-corrected chi connectivity index (χ2v) is 5.27. The summed E-state index contributed by atoms with van der Waals surface area (Å²) in [7, 11) is 0. The molecule has 0 N–H and O–H groups in total. The fourth-order valence-electron chi connectivity index (χ4n) is 1.62. The zero-order valence-electron chi connectivity index (χ0n) is 10.8. The van der Waals surface area contributed by atoms with Gasteiger partial charge in [0, 0.05) is 5.92 Å². The minimum absolute atomic E-state index is 0.222. The van der Waals surface area contributed by atoms with E-state index in [2.05, 4.69) is 58.5 Å². The van der Waals surface area contributed by atoms with Crippen LogP contribution in [0.5, 0.6) is 0 Å². The Morgan fingerprint density at radius 3 is 2.25 bits per heavy atom. The van der Waals surface area contributed by atoms with Crippen LogP contribution in [0.3, 0.4) is 0 Å². The highest BCUT2D eigenvalue weighted by molar-refractivity contribution is 5.29. The Balaban J connectivity index is 2.74. The van der Waals surface area contributed by atoms with Crippen molar-refractivity contribution in [3.8, 4) is 0 Å². The van der Waals surface area contributed by atoms with Gasteiger partial charge < -0.3 is 4.74 Å². The van der Waals surface area contributed by atoms with E-state index in [-0.39, 0.29) is 5.41 Å². The molecule has 1 heteroatoms. The second-order valence-electron chi connectivity index (χ2n) is 5.27. The minimum Gasteiger partial charge on any atom is -0.501 e. The fraction of sp³-hybridized carbons (Fsp3) is 0.467. The zero-order chi connectivity index (χ0) is 12.2. The highest BCUT2D eigenvalue weighted by atomic mass is 16.5. The van der Waals surface area contributed by atoms with Crippen LogP contribution in [0.15, 0.2) is 37.1 Å². The summed E-state index contributed by atoms with van der Waals surface area (Å²) in [5.74, 6) is 0.409. The molecule has 1 aromatic rings. The fourth-order valence-corrected chi connectivity index (χ4v) is 1.62. The minimum atomic E-state index is 0.222. The lowest BCUT2D eigenvalue weighted by atomic mass is 9.86. The Hall–Kier alpha value is -1.24. The van der Waals surface area contributed by atoms with Crippen molar-refractivity contribution >= 4 is 0 Å². The molecular weight excluding hydrogens is 196 g/mol. The number of hydrogen-bond acceptors (Lipinski definition) is 1. The molecule has 1 nitrogen and oxygen atoms in total. The highest BCUT2D eigenvalue weighted by Crippen LogP contribution is 2.24. The Labute approximate surface area is 99.1 Å². The van der Waals surface area contributed by atoms with E-state index >= 15 is 0 Å². The predicted molar refractivity (Wildman–Crippen MR) is 69.7 cm³/mol. The molecule has 1 unspecified atom stereocenters. The van der Waals surface area contributed by atoms with Crippen molar-refractivity contribution < 1.29 is 4.74 Å². The van der Waals surface area contributed by atoms with E-state index in [1.54, 1.807) is 0 Å². The maximum absolute atomic E-state index is 5.21. The molecule has 0 aliphatic carbocycles. The molecule has 0 aliphatic heterocycles. The summed E-state index contributed by atoms with van der Waals surface area (Å²) < 4.78 is 5.21. The lowest BCUT2D eigenvalue weighted by Gasteiger charge is -2.20. The molecule has 0 heterocycles. The van der Waals surface area contributed by atoms with E-state index in [4.69, 9.17) is 4.74 Å². The predicted octanol–water partition coefficient (Wildman–Crippen LogP) is 4.25. The number of rotatable bonds is 4. The van der Waals surface area contributed by atoms with Crippen LogP contribution in [-0.2, 0) is 10.2 Å². The second kappa shape index (κ2) is 5.20. The summed E-state index contributed by atoms with van der Waals surface area (Å²) >= 11 is 0. The molecule has 0 fully saturated rings. The third-order valence-corrected chi connectivity index (χ3v) is 2.81. The van der Waals surface area contributed by atoms with Crippen molar-refractivity contribution in [2.75, 3.05) is 6.61 Å². The van der Waals surface area contributed by atoms with Gasteiger partial charge in [0.15, 0.2) is 0 Å². The molecule has 1 rings (SSSR count). The third kappa shape index (κ3) is 3.41. The van der Waals surface area contributed by atoms with E-state index in [9.17, 15) is 0 Å². The summed E-state index contributed by atoms with van der Waals surface area (Å²) in [6.07, 6.45) is 1.50. The van der Waals surface area contributed by atoms with Crippen LogP contribution >= 0.6 is 0 Å². The van der Waals surface area contributed by atoms with Gasteiger partial charge in [-0.05, 0) is 16.5 Å². The van der Waals surface area contributed by atoms with Crippen LogP contribution in [0.2, 0.25) is 0 Å². The molecule has 0 saturated heterocycles. The van der Waals surface area contributed by atoms with Gasteiger partial charge in [0.2, 0.25) is 0 Å². The molecule has 0 aromatic heterocycles. The first-order valence-corrected chi connectivity index (χ1v) is 5.78. The van der Waals surface area contributed by atoms with Crippen molar-refractivity contribution in [1.29, 1.82) is 0 Å². The standard InChI is InChI=1S/C15H22O/c1-6-16-11-12(2)13-7-9-14(10-8-13)15(3,4)5/h6-10,12H,1,11H2,2-5H3. The molecule has 0 bridgehead atoms. The largest absolute Gasteiger partial charge is 0.501 e. The van der Waals surface area contributed by atoms with Crippen LogP contribution in [0.4, 0.5) is 0 Å². The summed E-state index contributed by atoms with van der Waals surface area (Å²) in [6.45, 7) is 13.1. The first-order valence-electron chi connectivity index (χ1n) is 5.78. The summed E-state index contributed by atoms with van der Waals surface area (Å²) in [4.78, 5) is 0. The van der Waals surface area contributed by atoms with Gasteiger partial charge in [-0.15, -0.1) is 0 Å². The summed E-state index contributed by atoms with van der Waals surface area (Å²) in [6, 6.07) is 8.80. The summed E-state index contributed by atoms with van der Waals surface area (Å²) in [5, 5.41) is 0. The quantitative estimate of drug-likeness (QED) is 0.686. The van der Waals surface area contributed by atoms with Gasteiger partial charge in [-0.3, -0.25) is 0 Å². The lowest BCUT2D eigenvalue weighted by molar-refractivity contribution is 0.233. The molecule has 0 spiro atoms. The topological polar surface area (TPSA) is 9.23 Å². The van der Waals surface area contributed by atoms with E-state index in [1.807, 2.05) is 0 Å². The van der Waals surface area contributed by atoms with Crippen LogP contribution < -0.4 is 0 Å². The van der Waals surface area contributed by atoms with E-state index in [0.29, 0.717) is 12.5 Å². The van der Waals surface area contributed by atoms with Crippen molar-refractivity contribution in [1.82, 2.24) is 0 Å². The molecule has 0 amide bonds. The third-order valence-electron chi connectivity index (χ3n) is 2.81. The number of benzene rings is 1. The monoisotopic (exact) mass is 218 g/mol. The molecule has 0 saturated carbocycles. The van der Waals surface area contributed by atoms with Gasteiger partial charge in [0.25, 0.3) is 0 Å². The molecule has 0 aliphatic rings. The number of ether oxygens (including phenoxy) is 1. The Bertz CT molecular complexity index is 329. The first kappa shape index (κ1) is 12.8. The van der Waals surface area contributed by atoms with Gasteiger partial charge in [0.1, 0.15) is 0 Å². The van der Waals surface area contributed by atoms with Gasteiger partial charge >= 0.3 is 0 Å². The van der Waals surface area contributed by atoms with Crippen LogP contribution in [0.1, 0.15) is 44.7 Å². The Morgan fingerprint density at radius 1 is 1.25 bits per heavy atom. The van der Waals surface area contributed by atoms with Crippen LogP contribution in [0, 0.1) is 0 Å². The molecule has 1 atom stereocenters. The number of hydrogen-bond donors (Lipinski definition) is 0. The molecule has 1 aromatic carbocycles. The smallest absolute Gasteiger partial charge is 0.0938 e. The lowest BCUT2D eigenvalue weighted by Crippen LogP contribution is -2.11. The maximum Gasteiger partial charge on any atom is 0.0938 e. The van der Waals surface area contributed by atoms with Crippen molar-refractivity contribution in [3.63, 3.8) is 0 Å². The van der Waals surface area contributed by atoms with E-state index < -0.39 is 0 Å². The van der Waals surface area contributed by atoms with Crippen molar-refractivity contribution in [2.45, 2.75) is 39.0 Å². The van der Waals surface area contributed by atoms with Gasteiger partial charge in [0.05, 0.1) is 12.9 Å². The van der Waals surface area contributed by atoms with Crippen molar-refractivity contribution in [2.24, 2.45) is 0 Å². The normalized spacial score (nSPS) is 13.2. The van der Waals surface area contributed by atoms with E-state index in [1.165, 1.54) is 17.4 Å². The van der Waals surface area contributed by atoms with Crippen LogP contribution in [0.25, 0.3) is 0 Å². The van der Waals surface area contributed by atoms with Gasteiger partial charge in [-0.1, -0.05) is 58.5 Å². The van der Waals surface area contributed by atoms with E-state index in [0.717, 1.165) is 0 Å². The Kier molecular flexibility index (Phi) is 4.17. The molecule has 16 heavy (non-hydrogen) atoms. The Morgan fingerprint density at radius 2 is 1.81 bits per heavy atom. The van der Waals surface area contributed by atoms with Gasteiger partial charge in [-0.2, -0.15) is 0 Å². The van der Waals surface area contributed by atoms with Crippen molar-refractivity contribution in [3.05, 3.63) is 48.2 Å². The first-order chi connectivity index (χ1) is 7.45. The zero-order valence-corrected chi connectivity index (χ0v) is 10.8.